The number of para-hydroxylation sites is 1. The molecule has 5 rings (SSSR count). The van der Waals surface area contributed by atoms with E-state index >= 15 is 0 Å². The second-order valence-electron chi connectivity index (χ2n) is 13.1. The number of amides is 1. The van der Waals surface area contributed by atoms with Gasteiger partial charge in [0.1, 0.15) is 5.82 Å². The fourth-order valence-corrected chi connectivity index (χ4v) is 8.58. The Balaban J connectivity index is 0.000000443. The Morgan fingerprint density at radius 1 is 0.736 bits per heavy atom. The normalized spacial score (nSPS) is 22.4. The number of hydrogen-bond acceptors (Lipinski definition) is 4. The van der Waals surface area contributed by atoms with Crippen LogP contribution in [-0.4, -0.2) is 76.2 Å². The molecule has 3 aromatic carbocycles. The van der Waals surface area contributed by atoms with Crippen LogP contribution in [0.25, 0.3) is 22.4 Å². The molecule has 0 saturated heterocycles. The van der Waals surface area contributed by atoms with Gasteiger partial charge in [-0.25, -0.2) is 4.39 Å². The smallest absolute Gasteiger partial charge is 0.305 e. The summed E-state index contributed by atoms with van der Waals surface area (Å²) in [5.74, 6) is -1.93. The minimum atomic E-state index is -1.18. The summed E-state index contributed by atoms with van der Waals surface area (Å²) in [4.78, 5) is 25.0. The minimum Gasteiger partial charge on any atom is -0.481 e. The topological polar surface area (TPSA) is 112 Å². The van der Waals surface area contributed by atoms with Gasteiger partial charge < -0.3 is 25.2 Å². The first-order chi connectivity index (χ1) is 25.1. The van der Waals surface area contributed by atoms with Crippen molar-refractivity contribution in [1.82, 2.24) is 4.57 Å². The number of carbonyl (C=O) groups is 2. The van der Waals surface area contributed by atoms with E-state index in [1.54, 1.807) is 12.1 Å². The lowest BCUT2D eigenvalue weighted by Crippen LogP contribution is -2.52. The van der Waals surface area contributed by atoms with Crippen LogP contribution in [0, 0.1) is 5.82 Å². The van der Waals surface area contributed by atoms with Gasteiger partial charge in [-0.1, -0.05) is 62.4 Å². The number of hydrogen-bond donors (Lipinski definition) is 4. The number of alkyl halides is 6. The van der Waals surface area contributed by atoms with Crippen LogP contribution in [-0.2, 0) is 11.3 Å². The van der Waals surface area contributed by atoms with Gasteiger partial charge in [0, 0.05) is 23.5 Å². The number of carboxylic acid groups (broad SMARTS) is 1. The largest absolute Gasteiger partial charge is 0.481 e. The molecule has 1 aromatic heterocycles. The fraction of sp³-hybridized carbons (Fsp3) is 0.385. The highest BCUT2D eigenvalue weighted by atomic mass is 35.5. The molecule has 1 saturated carbocycles. The van der Waals surface area contributed by atoms with Crippen LogP contribution >= 0.6 is 69.6 Å². The molecule has 1 aliphatic carbocycles. The van der Waals surface area contributed by atoms with Crippen molar-refractivity contribution in [3.8, 4) is 22.4 Å². The van der Waals surface area contributed by atoms with E-state index in [1.807, 2.05) is 79.1 Å². The molecule has 7 nitrogen and oxygen atoms in total. The summed E-state index contributed by atoms with van der Waals surface area (Å²) in [6.07, 6.45) is -2.51. The zero-order chi connectivity index (χ0) is 39.0. The van der Waals surface area contributed by atoms with E-state index in [2.05, 4.69) is 5.32 Å². The summed E-state index contributed by atoms with van der Waals surface area (Å²) in [5, 5.41) is 30.2. The third kappa shape index (κ3) is 11.0. The van der Waals surface area contributed by atoms with Gasteiger partial charge in [-0.05, 0) is 66.3 Å². The number of aliphatic carboxylic acids is 1. The van der Waals surface area contributed by atoms with Crippen molar-refractivity contribution in [3.63, 3.8) is 0 Å². The number of anilines is 1. The van der Waals surface area contributed by atoms with Gasteiger partial charge >= 0.3 is 5.97 Å². The van der Waals surface area contributed by atoms with Crippen LogP contribution in [0.3, 0.4) is 0 Å². The number of aliphatic hydroxyl groups excluding tert-OH is 2. The first-order valence-electron chi connectivity index (χ1n) is 17.0. The number of carboxylic acids is 1. The lowest BCUT2D eigenvalue weighted by Gasteiger charge is -2.37. The maximum Gasteiger partial charge on any atom is 0.305 e. The molecule has 4 aromatic rings. The monoisotopic (exact) mass is 846 g/mol. The van der Waals surface area contributed by atoms with Crippen molar-refractivity contribution >= 4 is 87.2 Å². The first kappa shape index (κ1) is 43.2. The molecule has 0 radical (unpaired) electrons. The Bertz CT molecular complexity index is 1740. The second kappa shape index (κ2) is 19.9. The van der Waals surface area contributed by atoms with Crippen LogP contribution in [0.15, 0.2) is 84.9 Å². The quantitative estimate of drug-likeness (QED) is 0.106. The predicted octanol–water partition coefficient (Wildman–Crippen LogP) is 9.96. The molecule has 286 valence electrons. The van der Waals surface area contributed by atoms with E-state index in [9.17, 15) is 24.2 Å². The standard InChI is InChI=1S/C33H35FN2O5.C6H6Cl6/c1-21(2)31-30(33(41)35-25-11-7-4-8-12-25)29(22-9-5-3-6-10-22)32(23-13-15-24(34)16-14-23)36(31)18-17-26(37)19-27(38)20-28(39)40;7-1-2(8)4(10)6(12)5(11)3(1)9/h3-16,21,26-27,37-38H,17-20H2,1-2H3,(H,35,41)(H,39,40);1-6H/t26-,27-;/m1./s1. The number of aliphatic hydroxyl groups is 2. The zero-order valence-corrected chi connectivity index (χ0v) is 33.4. The number of nitrogens with zero attached hydrogens (tertiary/aromatic N) is 1. The number of benzene rings is 3. The number of carbonyl (C=O) groups excluding carboxylic acids is 1. The third-order valence-corrected chi connectivity index (χ3v) is 12.8. The van der Waals surface area contributed by atoms with Crippen LogP contribution in [0.1, 0.15) is 55.1 Å². The molecule has 0 spiro atoms. The van der Waals surface area contributed by atoms with E-state index in [-0.39, 0.29) is 37.0 Å². The first-order valence-corrected chi connectivity index (χ1v) is 19.6. The Kier molecular flexibility index (Phi) is 16.2. The lowest BCUT2D eigenvalue weighted by atomic mass is 9.94. The third-order valence-electron chi connectivity index (χ3n) is 8.75. The van der Waals surface area contributed by atoms with E-state index in [1.165, 1.54) is 12.1 Å². The van der Waals surface area contributed by atoms with E-state index in [0.717, 1.165) is 11.3 Å². The van der Waals surface area contributed by atoms with Gasteiger partial charge in [0.2, 0.25) is 0 Å². The summed E-state index contributed by atoms with van der Waals surface area (Å²) in [6.45, 7) is 4.25. The van der Waals surface area contributed by atoms with Gasteiger partial charge in [0.05, 0.1) is 62.1 Å². The summed E-state index contributed by atoms with van der Waals surface area (Å²) < 4.78 is 16.0. The van der Waals surface area contributed by atoms with Crippen LogP contribution in [0.4, 0.5) is 10.1 Å². The molecule has 0 unspecified atom stereocenters. The minimum absolute atomic E-state index is 0.0939. The van der Waals surface area contributed by atoms with Gasteiger partial charge in [0.25, 0.3) is 5.91 Å². The average molecular weight is 849 g/mol. The molecular weight excluding hydrogens is 808 g/mol. The molecule has 1 fully saturated rings. The van der Waals surface area contributed by atoms with E-state index in [4.69, 9.17) is 74.7 Å². The maximum absolute atomic E-state index is 14.0. The molecule has 53 heavy (non-hydrogen) atoms. The molecule has 0 bridgehead atoms. The highest BCUT2D eigenvalue weighted by molar-refractivity contribution is 6.45. The molecule has 1 aliphatic rings. The second-order valence-corrected chi connectivity index (χ2v) is 16.1. The highest BCUT2D eigenvalue weighted by Gasteiger charge is 2.47. The highest BCUT2D eigenvalue weighted by Crippen LogP contribution is 2.43. The summed E-state index contributed by atoms with van der Waals surface area (Å²) in [5.41, 5.74) is 4.77. The number of nitrogens with one attached hydrogen (secondary N) is 1. The van der Waals surface area contributed by atoms with Crippen molar-refractivity contribution in [2.24, 2.45) is 0 Å². The maximum atomic E-state index is 14.0. The average Bonchev–Trinajstić information content (AvgIpc) is 3.48. The summed E-state index contributed by atoms with van der Waals surface area (Å²) in [6, 6.07) is 24.8. The van der Waals surface area contributed by atoms with Gasteiger partial charge in [0.15, 0.2) is 0 Å². The Morgan fingerprint density at radius 3 is 1.70 bits per heavy atom. The lowest BCUT2D eigenvalue weighted by molar-refractivity contribution is -0.139. The van der Waals surface area contributed by atoms with Crippen LogP contribution in [0.5, 0.6) is 0 Å². The molecule has 14 heteroatoms. The van der Waals surface area contributed by atoms with Crippen molar-refractivity contribution < 1.29 is 29.3 Å². The van der Waals surface area contributed by atoms with Crippen molar-refractivity contribution in [3.05, 3.63) is 102 Å². The van der Waals surface area contributed by atoms with Crippen molar-refractivity contribution in [2.45, 2.75) is 90.0 Å². The van der Waals surface area contributed by atoms with Crippen molar-refractivity contribution in [1.29, 1.82) is 0 Å². The Morgan fingerprint density at radius 2 is 1.23 bits per heavy atom. The van der Waals surface area contributed by atoms with Gasteiger partial charge in [-0.3, -0.25) is 9.59 Å². The zero-order valence-electron chi connectivity index (χ0n) is 28.9. The van der Waals surface area contributed by atoms with Crippen molar-refractivity contribution in [2.75, 3.05) is 5.32 Å². The molecular formula is C39H41Cl6FN2O5. The number of halogens is 7. The summed E-state index contributed by atoms with van der Waals surface area (Å²) >= 11 is 35.3. The van der Waals surface area contributed by atoms with E-state index < -0.39 is 56.9 Å². The number of aromatic nitrogens is 1. The van der Waals surface area contributed by atoms with Crippen LogP contribution < -0.4 is 5.32 Å². The molecule has 2 atom stereocenters. The molecule has 1 amide bonds. The predicted molar refractivity (Wildman–Crippen MR) is 215 cm³/mol. The molecule has 1 heterocycles. The number of rotatable bonds is 12. The SMILES string of the molecule is CC(C)c1c(C(=O)Nc2ccccc2)c(-c2ccccc2)c(-c2ccc(F)cc2)n1CC[C@@H](O)C[C@@H](O)CC(=O)O.ClC1C(Cl)C(Cl)C(Cl)C(Cl)C1Cl. The van der Waals surface area contributed by atoms with Crippen LogP contribution in [0.2, 0.25) is 0 Å². The fourth-order valence-electron chi connectivity index (χ4n) is 6.26. The molecule has 0 aliphatic heterocycles. The Labute approximate surface area is 338 Å². The van der Waals surface area contributed by atoms with E-state index in [0.29, 0.717) is 28.1 Å². The van der Waals surface area contributed by atoms with Gasteiger partial charge in [-0.2, -0.15) is 0 Å². The van der Waals surface area contributed by atoms with Gasteiger partial charge in [-0.15, -0.1) is 69.6 Å². The summed E-state index contributed by atoms with van der Waals surface area (Å²) in [7, 11) is 0. The Hall–Kier alpha value is -2.53. The molecule has 4 N–H and O–H groups in total.